The molecule has 0 unspecified atom stereocenters. The molecular formula is C8H13N3O2. The van der Waals surface area contributed by atoms with Crippen LogP contribution in [0.5, 0.6) is 0 Å². The van der Waals surface area contributed by atoms with Crippen molar-refractivity contribution in [2.75, 3.05) is 26.1 Å². The summed E-state index contributed by atoms with van der Waals surface area (Å²) in [6, 6.07) is 1.78. The van der Waals surface area contributed by atoms with Crippen LogP contribution in [0.4, 0.5) is 5.82 Å². The van der Waals surface area contributed by atoms with E-state index in [2.05, 4.69) is 15.3 Å². The first kappa shape index (κ1) is 9.88. The summed E-state index contributed by atoms with van der Waals surface area (Å²) in [4.78, 5) is 7.79. The van der Waals surface area contributed by atoms with E-state index >= 15 is 0 Å². The molecule has 0 radical (unpaired) electrons. The lowest BCUT2D eigenvalue weighted by molar-refractivity contribution is -0.0914. The van der Waals surface area contributed by atoms with Crippen molar-refractivity contribution in [3.63, 3.8) is 0 Å². The molecule has 0 spiro atoms. The van der Waals surface area contributed by atoms with E-state index in [9.17, 15) is 0 Å². The Morgan fingerprint density at radius 2 is 2.23 bits per heavy atom. The summed E-state index contributed by atoms with van der Waals surface area (Å²) in [5.41, 5.74) is 0. The van der Waals surface area contributed by atoms with Gasteiger partial charge in [-0.3, -0.25) is 0 Å². The van der Waals surface area contributed by atoms with Gasteiger partial charge in [0.15, 0.2) is 6.29 Å². The summed E-state index contributed by atoms with van der Waals surface area (Å²) in [6.45, 7) is 0.560. The molecule has 72 valence electrons. The summed E-state index contributed by atoms with van der Waals surface area (Å²) < 4.78 is 9.99. The maximum Gasteiger partial charge on any atom is 0.173 e. The monoisotopic (exact) mass is 183 g/mol. The third-order valence-electron chi connectivity index (χ3n) is 1.56. The molecule has 5 nitrogen and oxygen atoms in total. The molecule has 0 saturated carbocycles. The summed E-state index contributed by atoms with van der Waals surface area (Å²) in [7, 11) is 3.19. The van der Waals surface area contributed by atoms with Gasteiger partial charge in [-0.15, -0.1) is 0 Å². The largest absolute Gasteiger partial charge is 0.365 e. The summed E-state index contributed by atoms with van der Waals surface area (Å²) in [6.07, 6.45) is 2.90. The standard InChI is InChI=1S/C8H13N3O2/c1-12-8(13-2)5-10-7-3-4-9-6-11-7/h3-4,6,8H,5H2,1-2H3,(H,9,10,11). The van der Waals surface area contributed by atoms with Crippen molar-refractivity contribution in [2.24, 2.45) is 0 Å². The SMILES string of the molecule is COC(CNc1ccncn1)OC. The third-order valence-corrected chi connectivity index (χ3v) is 1.56. The van der Waals surface area contributed by atoms with Gasteiger partial charge in [-0.05, 0) is 6.07 Å². The number of hydrogen-bond donors (Lipinski definition) is 1. The molecular weight excluding hydrogens is 170 g/mol. The second kappa shape index (κ2) is 5.45. The molecule has 0 aromatic carbocycles. The van der Waals surface area contributed by atoms with E-state index in [1.54, 1.807) is 26.5 Å². The highest BCUT2D eigenvalue weighted by atomic mass is 16.7. The van der Waals surface area contributed by atoms with Gasteiger partial charge in [-0.1, -0.05) is 0 Å². The van der Waals surface area contributed by atoms with Gasteiger partial charge < -0.3 is 14.8 Å². The molecule has 0 fully saturated rings. The van der Waals surface area contributed by atoms with Crippen LogP contribution in [0.15, 0.2) is 18.6 Å². The maximum absolute atomic E-state index is 4.99. The van der Waals surface area contributed by atoms with Crippen molar-refractivity contribution in [1.82, 2.24) is 9.97 Å². The van der Waals surface area contributed by atoms with Gasteiger partial charge in [0, 0.05) is 20.4 Å². The van der Waals surface area contributed by atoms with Gasteiger partial charge in [0.1, 0.15) is 12.1 Å². The molecule has 0 aliphatic carbocycles. The predicted octanol–water partition coefficient (Wildman–Crippen LogP) is 0.507. The smallest absolute Gasteiger partial charge is 0.173 e. The Kier molecular flexibility index (Phi) is 4.14. The average molecular weight is 183 g/mol. The van der Waals surface area contributed by atoms with Crippen LogP contribution in [0.2, 0.25) is 0 Å². The molecule has 0 bridgehead atoms. The third kappa shape index (κ3) is 3.35. The minimum absolute atomic E-state index is 0.255. The van der Waals surface area contributed by atoms with Crippen molar-refractivity contribution in [3.8, 4) is 0 Å². The molecule has 1 aromatic heterocycles. The Morgan fingerprint density at radius 3 is 2.77 bits per heavy atom. The molecule has 5 heteroatoms. The van der Waals surface area contributed by atoms with E-state index in [0.717, 1.165) is 5.82 Å². The molecule has 0 atom stereocenters. The van der Waals surface area contributed by atoms with Gasteiger partial charge in [0.05, 0.1) is 6.54 Å². The highest BCUT2D eigenvalue weighted by Crippen LogP contribution is 1.99. The van der Waals surface area contributed by atoms with E-state index < -0.39 is 0 Å². The Hall–Kier alpha value is -1.20. The molecule has 1 N–H and O–H groups in total. The van der Waals surface area contributed by atoms with Crippen LogP contribution in [0.1, 0.15) is 0 Å². The molecule has 0 amide bonds. The first-order valence-corrected chi connectivity index (χ1v) is 3.92. The van der Waals surface area contributed by atoms with Gasteiger partial charge in [-0.25, -0.2) is 9.97 Å². The normalized spacial score (nSPS) is 10.4. The zero-order chi connectivity index (χ0) is 9.52. The van der Waals surface area contributed by atoms with Crippen molar-refractivity contribution in [1.29, 1.82) is 0 Å². The minimum Gasteiger partial charge on any atom is -0.365 e. The van der Waals surface area contributed by atoms with Crippen LogP contribution in [0.3, 0.4) is 0 Å². The van der Waals surface area contributed by atoms with Crippen molar-refractivity contribution < 1.29 is 9.47 Å². The van der Waals surface area contributed by atoms with Crippen LogP contribution >= 0.6 is 0 Å². The molecule has 1 heterocycles. The van der Waals surface area contributed by atoms with E-state index in [1.807, 2.05) is 0 Å². The van der Waals surface area contributed by atoms with Gasteiger partial charge in [-0.2, -0.15) is 0 Å². The quantitative estimate of drug-likeness (QED) is 0.674. The summed E-state index contributed by atoms with van der Waals surface area (Å²) in [5.74, 6) is 0.758. The number of nitrogens with zero attached hydrogens (tertiary/aromatic N) is 2. The zero-order valence-electron chi connectivity index (χ0n) is 7.73. The Balaban J connectivity index is 2.34. The van der Waals surface area contributed by atoms with Crippen LogP contribution in [0, 0.1) is 0 Å². The van der Waals surface area contributed by atoms with E-state index in [4.69, 9.17) is 9.47 Å². The second-order valence-electron chi connectivity index (χ2n) is 2.38. The van der Waals surface area contributed by atoms with E-state index in [1.165, 1.54) is 6.33 Å². The zero-order valence-corrected chi connectivity index (χ0v) is 7.73. The average Bonchev–Trinajstić information content (AvgIpc) is 2.21. The maximum atomic E-state index is 4.99. The highest BCUT2D eigenvalue weighted by molar-refractivity contribution is 5.31. The molecule has 0 aliphatic heterocycles. The molecule has 0 saturated heterocycles. The molecule has 1 rings (SSSR count). The lowest BCUT2D eigenvalue weighted by Gasteiger charge is -2.13. The second-order valence-corrected chi connectivity index (χ2v) is 2.38. The number of aromatic nitrogens is 2. The lowest BCUT2D eigenvalue weighted by Crippen LogP contribution is -2.23. The fourth-order valence-corrected chi connectivity index (χ4v) is 0.846. The number of hydrogen-bond acceptors (Lipinski definition) is 5. The first-order chi connectivity index (χ1) is 6.36. The first-order valence-electron chi connectivity index (χ1n) is 3.92. The van der Waals surface area contributed by atoms with Crippen LogP contribution in [-0.2, 0) is 9.47 Å². The highest BCUT2D eigenvalue weighted by Gasteiger charge is 2.03. The molecule has 1 aromatic rings. The number of rotatable bonds is 5. The van der Waals surface area contributed by atoms with Crippen molar-refractivity contribution >= 4 is 5.82 Å². The number of anilines is 1. The van der Waals surface area contributed by atoms with Crippen LogP contribution in [0.25, 0.3) is 0 Å². The van der Waals surface area contributed by atoms with Gasteiger partial charge in [0.2, 0.25) is 0 Å². The predicted molar refractivity (Wildman–Crippen MR) is 48.3 cm³/mol. The van der Waals surface area contributed by atoms with E-state index in [-0.39, 0.29) is 6.29 Å². The Bertz CT molecular complexity index is 226. The number of ether oxygens (including phenoxy) is 2. The van der Waals surface area contributed by atoms with Crippen molar-refractivity contribution in [3.05, 3.63) is 18.6 Å². The number of methoxy groups -OCH3 is 2. The van der Waals surface area contributed by atoms with Gasteiger partial charge >= 0.3 is 0 Å². The summed E-state index contributed by atoms with van der Waals surface area (Å²) >= 11 is 0. The fraction of sp³-hybridized carbons (Fsp3) is 0.500. The topological polar surface area (TPSA) is 56.3 Å². The molecule has 0 aliphatic rings. The lowest BCUT2D eigenvalue weighted by atomic mass is 10.5. The summed E-state index contributed by atoms with van der Waals surface area (Å²) in [5, 5.41) is 3.05. The van der Waals surface area contributed by atoms with Crippen LogP contribution in [-0.4, -0.2) is 37.0 Å². The Labute approximate surface area is 77.1 Å². The number of nitrogens with one attached hydrogen (secondary N) is 1. The van der Waals surface area contributed by atoms with Gasteiger partial charge in [0.25, 0.3) is 0 Å². The van der Waals surface area contributed by atoms with E-state index in [0.29, 0.717) is 6.54 Å². The molecule has 13 heavy (non-hydrogen) atoms. The van der Waals surface area contributed by atoms with Crippen LogP contribution < -0.4 is 5.32 Å². The fourth-order valence-electron chi connectivity index (χ4n) is 0.846. The minimum atomic E-state index is -0.255. The van der Waals surface area contributed by atoms with Crippen molar-refractivity contribution in [2.45, 2.75) is 6.29 Å². The Morgan fingerprint density at radius 1 is 1.46 bits per heavy atom.